The van der Waals surface area contributed by atoms with Gasteiger partial charge in [0.2, 0.25) is 0 Å². The summed E-state index contributed by atoms with van der Waals surface area (Å²) < 4.78 is 0. The molecule has 5 nitrogen and oxygen atoms in total. The summed E-state index contributed by atoms with van der Waals surface area (Å²) in [6.07, 6.45) is 6.48. The van der Waals surface area contributed by atoms with Gasteiger partial charge in [-0.2, -0.15) is 0 Å². The molecule has 1 saturated carbocycles. The molecule has 5 heteroatoms. The van der Waals surface area contributed by atoms with E-state index >= 15 is 0 Å². The smallest absolute Gasteiger partial charge is 0.270 e. The number of rotatable bonds is 5. The van der Waals surface area contributed by atoms with Crippen LogP contribution in [0.3, 0.4) is 0 Å². The van der Waals surface area contributed by atoms with Crippen molar-refractivity contribution in [3.63, 3.8) is 0 Å². The third-order valence-corrected chi connectivity index (χ3v) is 4.14. The Morgan fingerprint density at radius 1 is 1.18 bits per heavy atom. The molecule has 0 saturated heterocycles. The molecule has 2 N–H and O–H groups in total. The molecule has 2 rings (SSSR count). The number of carbonyl (C=O) groups is 2. The zero-order valence-corrected chi connectivity index (χ0v) is 13.4. The molecule has 1 atom stereocenters. The maximum atomic E-state index is 12.3. The van der Waals surface area contributed by atoms with Crippen LogP contribution < -0.4 is 10.6 Å². The first-order valence-corrected chi connectivity index (χ1v) is 8.19. The largest absolute Gasteiger partial charge is 0.348 e. The first-order chi connectivity index (χ1) is 10.6. The molecule has 22 heavy (non-hydrogen) atoms. The number of nitrogens with one attached hydrogen (secondary N) is 2. The van der Waals surface area contributed by atoms with Crippen LogP contribution in [-0.4, -0.2) is 28.9 Å². The van der Waals surface area contributed by atoms with Crippen LogP contribution in [0.1, 0.15) is 73.3 Å². The summed E-state index contributed by atoms with van der Waals surface area (Å²) in [5, 5.41) is 5.88. The van der Waals surface area contributed by atoms with Gasteiger partial charge in [0.1, 0.15) is 11.4 Å². The van der Waals surface area contributed by atoms with Crippen LogP contribution in [0.4, 0.5) is 0 Å². The Hall–Kier alpha value is -1.91. The monoisotopic (exact) mass is 303 g/mol. The fraction of sp³-hybridized carbons (Fsp3) is 0.588. The molecular formula is C17H25N3O2. The highest BCUT2D eigenvalue weighted by molar-refractivity contribution is 5.96. The third kappa shape index (κ3) is 4.55. The molecule has 0 aliphatic heterocycles. The van der Waals surface area contributed by atoms with E-state index in [1.807, 2.05) is 13.8 Å². The highest BCUT2D eigenvalue weighted by Crippen LogP contribution is 2.17. The normalized spacial score (nSPS) is 16.8. The van der Waals surface area contributed by atoms with Gasteiger partial charge in [0.25, 0.3) is 11.8 Å². The first-order valence-electron chi connectivity index (χ1n) is 8.19. The van der Waals surface area contributed by atoms with E-state index in [9.17, 15) is 9.59 Å². The molecule has 1 aromatic rings. The van der Waals surface area contributed by atoms with Crippen molar-refractivity contribution in [3.05, 3.63) is 29.6 Å². The van der Waals surface area contributed by atoms with Gasteiger partial charge < -0.3 is 10.6 Å². The molecule has 0 radical (unpaired) electrons. The van der Waals surface area contributed by atoms with Crippen LogP contribution in [-0.2, 0) is 0 Å². The minimum atomic E-state index is -0.235. The zero-order valence-electron chi connectivity index (χ0n) is 13.4. The molecule has 0 spiro atoms. The average molecular weight is 303 g/mol. The van der Waals surface area contributed by atoms with Crippen LogP contribution in [0, 0.1) is 0 Å². The molecule has 1 unspecified atom stereocenters. The van der Waals surface area contributed by atoms with Gasteiger partial charge in [-0.1, -0.05) is 32.3 Å². The van der Waals surface area contributed by atoms with Crippen molar-refractivity contribution in [3.8, 4) is 0 Å². The van der Waals surface area contributed by atoms with Crippen molar-refractivity contribution >= 4 is 11.8 Å². The predicted octanol–water partition coefficient (Wildman–Crippen LogP) is 2.67. The second-order valence-corrected chi connectivity index (χ2v) is 6.00. The van der Waals surface area contributed by atoms with E-state index in [1.165, 1.54) is 6.42 Å². The number of pyridine rings is 1. The van der Waals surface area contributed by atoms with Gasteiger partial charge in [0.15, 0.2) is 0 Å². The van der Waals surface area contributed by atoms with Gasteiger partial charge in [-0.15, -0.1) is 0 Å². The molecule has 0 bridgehead atoms. The Morgan fingerprint density at radius 3 is 2.45 bits per heavy atom. The Bertz CT molecular complexity index is 524. The van der Waals surface area contributed by atoms with E-state index in [2.05, 4.69) is 15.6 Å². The van der Waals surface area contributed by atoms with Crippen LogP contribution in [0.5, 0.6) is 0 Å². The number of hydrogen-bond donors (Lipinski definition) is 2. The van der Waals surface area contributed by atoms with Crippen LogP contribution >= 0.6 is 0 Å². The first kappa shape index (κ1) is 16.5. The molecule has 1 aromatic heterocycles. The summed E-state index contributed by atoms with van der Waals surface area (Å²) in [6.45, 7) is 3.95. The zero-order chi connectivity index (χ0) is 15.9. The van der Waals surface area contributed by atoms with Crippen LogP contribution in [0.15, 0.2) is 18.2 Å². The number of amides is 2. The highest BCUT2D eigenvalue weighted by atomic mass is 16.2. The standard InChI is InChI=1S/C17H25N3O2/c1-3-12(2)18-16(21)14-10-7-11-15(20-14)17(22)19-13-8-5-4-6-9-13/h7,10-13H,3-6,8-9H2,1-2H3,(H,18,21)(H,19,22). The Kier molecular flexibility index (Phi) is 5.92. The van der Waals surface area contributed by atoms with E-state index in [1.54, 1.807) is 18.2 Å². The van der Waals surface area contributed by atoms with E-state index in [4.69, 9.17) is 0 Å². The summed E-state index contributed by atoms with van der Waals surface area (Å²) >= 11 is 0. The van der Waals surface area contributed by atoms with E-state index in [0.717, 1.165) is 32.1 Å². The summed E-state index contributed by atoms with van der Waals surface area (Å²) in [4.78, 5) is 28.5. The Balaban J connectivity index is 2.00. The molecule has 2 amide bonds. The van der Waals surface area contributed by atoms with Crippen molar-refractivity contribution in [2.24, 2.45) is 0 Å². The SMILES string of the molecule is CCC(C)NC(=O)c1cccc(C(=O)NC2CCCCC2)n1. The van der Waals surface area contributed by atoms with Crippen LogP contribution in [0.25, 0.3) is 0 Å². The highest BCUT2D eigenvalue weighted by Gasteiger charge is 2.18. The van der Waals surface area contributed by atoms with Crippen molar-refractivity contribution in [1.82, 2.24) is 15.6 Å². The lowest BCUT2D eigenvalue weighted by molar-refractivity contribution is 0.0921. The average Bonchev–Trinajstić information content (AvgIpc) is 2.55. The molecule has 1 aliphatic rings. The van der Waals surface area contributed by atoms with E-state index in [-0.39, 0.29) is 29.6 Å². The molecule has 1 aliphatic carbocycles. The van der Waals surface area contributed by atoms with E-state index < -0.39 is 0 Å². The van der Waals surface area contributed by atoms with Gasteiger partial charge >= 0.3 is 0 Å². The summed E-state index contributed by atoms with van der Waals surface area (Å²) in [6, 6.07) is 5.32. The minimum absolute atomic E-state index is 0.0917. The van der Waals surface area contributed by atoms with Crippen LogP contribution in [0.2, 0.25) is 0 Å². The molecule has 120 valence electrons. The summed E-state index contributed by atoms with van der Waals surface area (Å²) in [5.74, 6) is -0.424. The second kappa shape index (κ2) is 7.92. The number of aromatic nitrogens is 1. The van der Waals surface area contributed by atoms with Crippen molar-refractivity contribution < 1.29 is 9.59 Å². The van der Waals surface area contributed by atoms with Crippen molar-refractivity contribution in [2.75, 3.05) is 0 Å². The fourth-order valence-corrected chi connectivity index (χ4v) is 2.59. The second-order valence-electron chi connectivity index (χ2n) is 6.00. The van der Waals surface area contributed by atoms with Gasteiger partial charge in [-0.25, -0.2) is 4.98 Å². The number of nitrogens with zero attached hydrogens (tertiary/aromatic N) is 1. The third-order valence-electron chi connectivity index (χ3n) is 4.14. The van der Waals surface area contributed by atoms with Gasteiger partial charge in [-0.3, -0.25) is 9.59 Å². The van der Waals surface area contributed by atoms with Gasteiger partial charge in [0, 0.05) is 12.1 Å². The molecule has 1 heterocycles. The lowest BCUT2D eigenvalue weighted by atomic mass is 9.95. The Morgan fingerprint density at radius 2 is 1.82 bits per heavy atom. The number of hydrogen-bond acceptors (Lipinski definition) is 3. The lowest BCUT2D eigenvalue weighted by Gasteiger charge is -2.22. The van der Waals surface area contributed by atoms with Crippen molar-refractivity contribution in [1.29, 1.82) is 0 Å². The van der Waals surface area contributed by atoms with Crippen molar-refractivity contribution in [2.45, 2.75) is 64.5 Å². The fourth-order valence-electron chi connectivity index (χ4n) is 2.59. The lowest BCUT2D eigenvalue weighted by Crippen LogP contribution is -2.37. The topological polar surface area (TPSA) is 71.1 Å². The number of carbonyl (C=O) groups excluding carboxylic acids is 2. The maximum absolute atomic E-state index is 12.3. The molecule has 1 fully saturated rings. The van der Waals surface area contributed by atoms with E-state index in [0.29, 0.717) is 5.69 Å². The molecule has 0 aromatic carbocycles. The molecular weight excluding hydrogens is 278 g/mol. The predicted molar refractivity (Wildman–Crippen MR) is 85.8 cm³/mol. The van der Waals surface area contributed by atoms with Gasteiger partial charge in [-0.05, 0) is 38.3 Å². The minimum Gasteiger partial charge on any atom is -0.348 e. The van der Waals surface area contributed by atoms with Gasteiger partial charge in [0.05, 0.1) is 0 Å². The Labute approximate surface area is 131 Å². The summed E-state index contributed by atoms with van der Waals surface area (Å²) in [7, 11) is 0. The maximum Gasteiger partial charge on any atom is 0.270 e. The summed E-state index contributed by atoms with van der Waals surface area (Å²) in [5.41, 5.74) is 0.596. The quantitative estimate of drug-likeness (QED) is 0.878.